The van der Waals surface area contributed by atoms with Gasteiger partial charge < -0.3 is 4.74 Å². The van der Waals surface area contributed by atoms with E-state index >= 15 is 0 Å². The molecule has 11 heavy (non-hydrogen) atoms. The van der Waals surface area contributed by atoms with Gasteiger partial charge in [-0.1, -0.05) is 0 Å². The van der Waals surface area contributed by atoms with Crippen LogP contribution in [0.15, 0.2) is 0 Å². The smallest absolute Gasteiger partial charge is 0.0922 e. The van der Waals surface area contributed by atoms with Gasteiger partial charge in [-0.2, -0.15) is 0 Å². The van der Waals surface area contributed by atoms with Crippen molar-refractivity contribution in [1.82, 2.24) is 10.2 Å². The Morgan fingerprint density at radius 2 is 2.36 bits per heavy atom. The van der Waals surface area contributed by atoms with Crippen LogP contribution in [0, 0.1) is 0 Å². The molecule has 1 unspecified atom stereocenters. The van der Waals surface area contributed by atoms with E-state index in [1.54, 1.807) is 0 Å². The van der Waals surface area contributed by atoms with Crippen molar-refractivity contribution >= 4 is 0 Å². The SMILES string of the molecule is CCOCC1(C)NCCN1C. The van der Waals surface area contributed by atoms with Gasteiger partial charge in [-0.05, 0) is 20.9 Å². The number of rotatable bonds is 3. The molecule has 0 aromatic carbocycles. The van der Waals surface area contributed by atoms with Crippen LogP contribution in [-0.4, -0.2) is 43.9 Å². The van der Waals surface area contributed by atoms with E-state index in [0.717, 1.165) is 26.3 Å². The van der Waals surface area contributed by atoms with E-state index in [1.165, 1.54) is 0 Å². The second kappa shape index (κ2) is 3.52. The van der Waals surface area contributed by atoms with Crippen molar-refractivity contribution in [2.45, 2.75) is 19.5 Å². The van der Waals surface area contributed by atoms with Crippen LogP contribution in [-0.2, 0) is 4.74 Å². The topological polar surface area (TPSA) is 24.5 Å². The average Bonchev–Trinajstić information content (AvgIpc) is 2.30. The van der Waals surface area contributed by atoms with Crippen LogP contribution in [0.5, 0.6) is 0 Å². The number of ether oxygens (including phenoxy) is 1. The first kappa shape index (κ1) is 8.97. The summed E-state index contributed by atoms with van der Waals surface area (Å²) in [5.74, 6) is 0. The van der Waals surface area contributed by atoms with Crippen LogP contribution in [0.4, 0.5) is 0 Å². The predicted octanol–water partition coefficient (Wildman–Crippen LogP) is 0.274. The summed E-state index contributed by atoms with van der Waals surface area (Å²) in [4.78, 5) is 2.29. The monoisotopic (exact) mass is 158 g/mol. The van der Waals surface area contributed by atoms with Crippen molar-refractivity contribution in [1.29, 1.82) is 0 Å². The number of hydrogen-bond donors (Lipinski definition) is 1. The van der Waals surface area contributed by atoms with Crippen molar-refractivity contribution in [2.24, 2.45) is 0 Å². The van der Waals surface area contributed by atoms with Crippen molar-refractivity contribution in [2.75, 3.05) is 33.4 Å². The van der Waals surface area contributed by atoms with E-state index in [1.807, 2.05) is 6.92 Å². The van der Waals surface area contributed by atoms with E-state index in [-0.39, 0.29) is 5.66 Å². The fraction of sp³-hybridized carbons (Fsp3) is 1.00. The van der Waals surface area contributed by atoms with Crippen LogP contribution in [0.2, 0.25) is 0 Å². The third kappa shape index (κ3) is 1.92. The van der Waals surface area contributed by atoms with Gasteiger partial charge in [0.15, 0.2) is 0 Å². The zero-order chi connectivity index (χ0) is 8.32. The van der Waals surface area contributed by atoms with Crippen molar-refractivity contribution in [3.05, 3.63) is 0 Å². The molecular formula is C8H18N2O. The van der Waals surface area contributed by atoms with Crippen molar-refractivity contribution in [3.63, 3.8) is 0 Å². The third-order valence-electron chi connectivity index (χ3n) is 2.38. The Morgan fingerprint density at radius 1 is 1.64 bits per heavy atom. The van der Waals surface area contributed by atoms with E-state index in [0.29, 0.717) is 0 Å². The first-order valence-corrected chi connectivity index (χ1v) is 4.23. The van der Waals surface area contributed by atoms with Gasteiger partial charge >= 0.3 is 0 Å². The molecule has 0 bridgehead atoms. The van der Waals surface area contributed by atoms with Crippen LogP contribution in [0.3, 0.4) is 0 Å². The number of likely N-dealkylation sites (N-methyl/N-ethyl adjacent to an activating group) is 1. The fourth-order valence-corrected chi connectivity index (χ4v) is 1.34. The molecule has 1 fully saturated rings. The van der Waals surface area contributed by atoms with E-state index in [9.17, 15) is 0 Å². The molecule has 1 aliphatic heterocycles. The molecule has 0 radical (unpaired) electrons. The molecule has 0 aromatic heterocycles. The lowest BCUT2D eigenvalue weighted by Crippen LogP contribution is -2.50. The Morgan fingerprint density at radius 3 is 2.82 bits per heavy atom. The van der Waals surface area contributed by atoms with Crippen molar-refractivity contribution < 1.29 is 4.74 Å². The van der Waals surface area contributed by atoms with Crippen LogP contribution >= 0.6 is 0 Å². The Balaban J connectivity index is 2.38. The third-order valence-corrected chi connectivity index (χ3v) is 2.38. The van der Waals surface area contributed by atoms with Gasteiger partial charge in [-0.3, -0.25) is 10.2 Å². The summed E-state index contributed by atoms with van der Waals surface area (Å²) in [6.07, 6.45) is 0. The maximum absolute atomic E-state index is 5.39. The van der Waals surface area contributed by atoms with Gasteiger partial charge in [-0.25, -0.2) is 0 Å². The molecule has 1 atom stereocenters. The molecule has 0 aromatic rings. The van der Waals surface area contributed by atoms with E-state index in [4.69, 9.17) is 4.74 Å². The first-order valence-electron chi connectivity index (χ1n) is 4.23. The lowest BCUT2D eigenvalue weighted by atomic mass is 10.2. The van der Waals surface area contributed by atoms with Crippen LogP contribution < -0.4 is 5.32 Å². The molecule has 1 saturated heterocycles. The number of nitrogens with zero attached hydrogens (tertiary/aromatic N) is 1. The van der Waals surface area contributed by atoms with E-state index < -0.39 is 0 Å². The summed E-state index contributed by atoms with van der Waals surface area (Å²) in [7, 11) is 2.12. The molecule has 1 N–H and O–H groups in total. The molecule has 3 nitrogen and oxygen atoms in total. The molecule has 0 amide bonds. The molecule has 66 valence electrons. The van der Waals surface area contributed by atoms with Gasteiger partial charge in [0, 0.05) is 19.7 Å². The minimum absolute atomic E-state index is 0.0655. The quantitative estimate of drug-likeness (QED) is 0.638. The number of nitrogens with one attached hydrogen (secondary N) is 1. The zero-order valence-electron chi connectivity index (χ0n) is 7.68. The highest BCUT2D eigenvalue weighted by Crippen LogP contribution is 2.13. The van der Waals surface area contributed by atoms with Gasteiger partial charge in [0.2, 0.25) is 0 Å². The maximum atomic E-state index is 5.39. The second-order valence-corrected chi connectivity index (χ2v) is 3.26. The van der Waals surface area contributed by atoms with Gasteiger partial charge in [0.25, 0.3) is 0 Å². The summed E-state index contributed by atoms with van der Waals surface area (Å²) in [5.41, 5.74) is 0.0655. The lowest BCUT2D eigenvalue weighted by Gasteiger charge is -2.31. The van der Waals surface area contributed by atoms with Gasteiger partial charge in [0.1, 0.15) is 0 Å². The Kier molecular flexibility index (Phi) is 2.87. The fourth-order valence-electron chi connectivity index (χ4n) is 1.34. The molecule has 1 rings (SSSR count). The molecule has 0 saturated carbocycles. The predicted molar refractivity (Wildman–Crippen MR) is 45.5 cm³/mol. The van der Waals surface area contributed by atoms with Gasteiger partial charge in [-0.15, -0.1) is 0 Å². The van der Waals surface area contributed by atoms with Crippen LogP contribution in [0.25, 0.3) is 0 Å². The average molecular weight is 158 g/mol. The Labute approximate surface area is 68.7 Å². The molecule has 1 aliphatic rings. The van der Waals surface area contributed by atoms with Gasteiger partial charge in [0.05, 0.1) is 12.3 Å². The first-order chi connectivity index (χ1) is 5.19. The van der Waals surface area contributed by atoms with Crippen molar-refractivity contribution in [3.8, 4) is 0 Å². The molecule has 0 aliphatic carbocycles. The highest BCUT2D eigenvalue weighted by molar-refractivity contribution is 4.87. The summed E-state index contributed by atoms with van der Waals surface area (Å²) < 4.78 is 5.39. The Hall–Kier alpha value is -0.120. The summed E-state index contributed by atoms with van der Waals surface area (Å²) >= 11 is 0. The number of hydrogen-bond acceptors (Lipinski definition) is 3. The normalized spacial score (nSPS) is 33.0. The maximum Gasteiger partial charge on any atom is 0.0922 e. The summed E-state index contributed by atoms with van der Waals surface area (Å²) in [6, 6.07) is 0. The van der Waals surface area contributed by atoms with E-state index in [2.05, 4.69) is 24.2 Å². The molecule has 1 heterocycles. The molecule has 3 heteroatoms. The zero-order valence-corrected chi connectivity index (χ0v) is 7.68. The molecular weight excluding hydrogens is 140 g/mol. The standard InChI is InChI=1S/C8H18N2O/c1-4-11-7-8(2)9-5-6-10(8)3/h9H,4-7H2,1-3H3. The summed E-state index contributed by atoms with van der Waals surface area (Å²) in [5, 5.41) is 3.42. The summed E-state index contributed by atoms with van der Waals surface area (Å²) in [6.45, 7) is 7.96. The molecule has 0 spiro atoms. The largest absolute Gasteiger partial charge is 0.378 e. The lowest BCUT2D eigenvalue weighted by molar-refractivity contribution is 0.0305. The highest BCUT2D eigenvalue weighted by atomic mass is 16.5. The highest BCUT2D eigenvalue weighted by Gasteiger charge is 2.33. The minimum Gasteiger partial charge on any atom is -0.378 e. The second-order valence-electron chi connectivity index (χ2n) is 3.26. The Bertz CT molecular complexity index is 129. The van der Waals surface area contributed by atoms with Crippen LogP contribution in [0.1, 0.15) is 13.8 Å². The minimum atomic E-state index is 0.0655.